The van der Waals surface area contributed by atoms with Crippen LogP contribution >= 0.6 is 0 Å². The Hall–Kier alpha value is -1.91. The highest BCUT2D eigenvalue weighted by atomic mass is 16.7. The van der Waals surface area contributed by atoms with E-state index in [1.807, 2.05) is 38.1 Å². The lowest BCUT2D eigenvalue weighted by molar-refractivity contribution is -0.186. The van der Waals surface area contributed by atoms with E-state index in [-0.39, 0.29) is 5.78 Å². The SMILES string of the molecule is CCOC(OCC)n1cccc1C(=O)c1ccccc1. The monoisotopic (exact) mass is 273 g/mol. The molecule has 0 saturated carbocycles. The smallest absolute Gasteiger partial charge is 0.244 e. The van der Waals surface area contributed by atoms with Gasteiger partial charge < -0.3 is 9.47 Å². The van der Waals surface area contributed by atoms with Crippen molar-refractivity contribution in [3.63, 3.8) is 0 Å². The maximum atomic E-state index is 12.5. The molecule has 106 valence electrons. The van der Waals surface area contributed by atoms with Gasteiger partial charge in [-0.25, -0.2) is 0 Å². The van der Waals surface area contributed by atoms with Gasteiger partial charge in [-0.15, -0.1) is 0 Å². The highest BCUT2D eigenvalue weighted by molar-refractivity contribution is 6.07. The fourth-order valence-electron chi connectivity index (χ4n) is 2.00. The minimum absolute atomic E-state index is 0.0417. The first kappa shape index (κ1) is 14.5. The van der Waals surface area contributed by atoms with E-state index < -0.39 is 6.41 Å². The van der Waals surface area contributed by atoms with Gasteiger partial charge in [-0.1, -0.05) is 30.3 Å². The van der Waals surface area contributed by atoms with Gasteiger partial charge in [0.2, 0.25) is 12.2 Å². The van der Waals surface area contributed by atoms with Crippen LogP contribution in [0.4, 0.5) is 0 Å². The molecule has 0 bridgehead atoms. The Labute approximate surface area is 118 Å². The molecular formula is C16H19NO3. The molecule has 0 aliphatic rings. The van der Waals surface area contributed by atoms with Crippen LogP contribution in [0, 0.1) is 0 Å². The van der Waals surface area contributed by atoms with Crippen LogP contribution in [0.3, 0.4) is 0 Å². The second-order valence-corrected chi connectivity index (χ2v) is 4.21. The summed E-state index contributed by atoms with van der Waals surface area (Å²) in [6.45, 7) is 4.83. The van der Waals surface area contributed by atoms with Gasteiger partial charge in [-0.05, 0) is 26.0 Å². The van der Waals surface area contributed by atoms with Crippen molar-refractivity contribution >= 4 is 5.78 Å². The first-order chi connectivity index (χ1) is 9.77. The van der Waals surface area contributed by atoms with E-state index in [9.17, 15) is 4.79 Å². The number of rotatable bonds is 7. The summed E-state index contributed by atoms with van der Waals surface area (Å²) in [7, 11) is 0. The van der Waals surface area contributed by atoms with Gasteiger partial charge in [0.25, 0.3) is 0 Å². The molecule has 4 heteroatoms. The molecule has 1 heterocycles. The highest BCUT2D eigenvalue weighted by Gasteiger charge is 2.19. The summed E-state index contributed by atoms with van der Waals surface area (Å²) in [4.78, 5) is 12.5. The van der Waals surface area contributed by atoms with Crippen LogP contribution < -0.4 is 0 Å². The van der Waals surface area contributed by atoms with Gasteiger partial charge in [-0.2, -0.15) is 0 Å². The van der Waals surface area contributed by atoms with Crippen LogP contribution in [0.2, 0.25) is 0 Å². The fraction of sp³-hybridized carbons (Fsp3) is 0.312. The number of aromatic nitrogens is 1. The number of benzene rings is 1. The quantitative estimate of drug-likeness (QED) is 0.574. The molecule has 4 nitrogen and oxygen atoms in total. The summed E-state index contributed by atoms with van der Waals surface area (Å²) in [6, 6.07) is 12.8. The Morgan fingerprint density at radius 2 is 1.70 bits per heavy atom. The molecule has 2 aromatic rings. The molecule has 0 spiro atoms. The third-order valence-electron chi connectivity index (χ3n) is 2.89. The Kier molecular flexibility index (Phi) is 5.09. The van der Waals surface area contributed by atoms with Crippen molar-refractivity contribution in [1.29, 1.82) is 0 Å². The van der Waals surface area contributed by atoms with E-state index in [1.165, 1.54) is 0 Å². The zero-order valence-electron chi connectivity index (χ0n) is 11.8. The zero-order chi connectivity index (χ0) is 14.4. The number of carbonyl (C=O) groups is 1. The topological polar surface area (TPSA) is 40.5 Å². The molecule has 2 rings (SSSR count). The number of nitrogens with zero attached hydrogens (tertiary/aromatic N) is 1. The number of hydrogen-bond acceptors (Lipinski definition) is 3. The van der Waals surface area contributed by atoms with Gasteiger partial charge in [0.1, 0.15) is 0 Å². The van der Waals surface area contributed by atoms with Crippen molar-refractivity contribution < 1.29 is 14.3 Å². The van der Waals surface area contributed by atoms with Crippen molar-refractivity contribution in [2.75, 3.05) is 13.2 Å². The van der Waals surface area contributed by atoms with Crippen LogP contribution in [0.25, 0.3) is 0 Å². The normalized spacial score (nSPS) is 10.9. The number of hydrogen-bond donors (Lipinski definition) is 0. The van der Waals surface area contributed by atoms with Crippen molar-refractivity contribution in [1.82, 2.24) is 4.57 Å². The summed E-state index contributed by atoms with van der Waals surface area (Å²) in [5, 5.41) is 0. The molecule has 0 aliphatic heterocycles. The molecule has 0 aliphatic carbocycles. The molecule has 1 aromatic heterocycles. The first-order valence-corrected chi connectivity index (χ1v) is 6.77. The summed E-state index contributed by atoms with van der Waals surface area (Å²) in [5.41, 5.74) is 1.21. The number of ketones is 1. The van der Waals surface area contributed by atoms with E-state index in [0.717, 1.165) is 0 Å². The number of carbonyl (C=O) groups excluding carboxylic acids is 1. The zero-order valence-corrected chi connectivity index (χ0v) is 11.8. The average molecular weight is 273 g/mol. The van der Waals surface area contributed by atoms with E-state index >= 15 is 0 Å². The van der Waals surface area contributed by atoms with Crippen molar-refractivity contribution in [2.45, 2.75) is 20.3 Å². The molecule has 0 radical (unpaired) electrons. The Morgan fingerprint density at radius 3 is 2.30 bits per heavy atom. The predicted octanol–water partition coefficient (Wildman–Crippen LogP) is 3.25. The largest absolute Gasteiger partial charge is 0.335 e. The first-order valence-electron chi connectivity index (χ1n) is 6.77. The average Bonchev–Trinajstić information content (AvgIpc) is 2.96. The number of ether oxygens (including phenoxy) is 2. The van der Waals surface area contributed by atoms with Gasteiger partial charge in [0.15, 0.2) is 0 Å². The molecule has 0 fully saturated rings. The van der Waals surface area contributed by atoms with Gasteiger partial charge in [0.05, 0.1) is 5.69 Å². The summed E-state index contributed by atoms with van der Waals surface area (Å²) in [5.74, 6) is -0.0417. The molecule has 0 unspecified atom stereocenters. The minimum Gasteiger partial charge on any atom is -0.335 e. The fourth-order valence-corrected chi connectivity index (χ4v) is 2.00. The van der Waals surface area contributed by atoms with Gasteiger partial charge >= 0.3 is 0 Å². The lowest BCUT2D eigenvalue weighted by atomic mass is 10.1. The molecule has 0 saturated heterocycles. The third-order valence-corrected chi connectivity index (χ3v) is 2.89. The highest BCUT2D eigenvalue weighted by Crippen LogP contribution is 2.18. The molecule has 0 atom stereocenters. The van der Waals surface area contributed by atoms with Crippen molar-refractivity contribution in [3.8, 4) is 0 Å². The molecule has 20 heavy (non-hydrogen) atoms. The second kappa shape index (κ2) is 7.03. The van der Waals surface area contributed by atoms with Crippen molar-refractivity contribution in [3.05, 3.63) is 59.9 Å². The summed E-state index contributed by atoms with van der Waals surface area (Å²) < 4.78 is 12.8. The second-order valence-electron chi connectivity index (χ2n) is 4.21. The van der Waals surface area contributed by atoms with Crippen LogP contribution in [0.5, 0.6) is 0 Å². The Bertz CT molecular complexity index is 542. The van der Waals surface area contributed by atoms with Crippen LogP contribution in [-0.2, 0) is 9.47 Å². The summed E-state index contributed by atoms with van der Waals surface area (Å²) >= 11 is 0. The minimum atomic E-state index is -0.567. The Balaban J connectivity index is 2.30. The van der Waals surface area contributed by atoms with E-state index in [1.54, 1.807) is 29.0 Å². The van der Waals surface area contributed by atoms with Gasteiger partial charge in [0, 0.05) is 25.0 Å². The maximum absolute atomic E-state index is 12.5. The lowest BCUT2D eigenvalue weighted by Gasteiger charge is -2.20. The summed E-state index contributed by atoms with van der Waals surface area (Å²) in [6.07, 6.45) is 1.23. The van der Waals surface area contributed by atoms with E-state index in [4.69, 9.17) is 9.47 Å². The Morgan fingerprint density at radius 1 is 1.05 bits per heavy atom. The van der Waals surface area contributed by atoms with Crippen LogP contribution in [0.1, 0.15) is 36.3 Å². The maximum Gasteiger partial charge on any atom is 0.244 e. The van der Waals surface area contributed by atoms with E-state index in [0.29, 0.717) is 24.5 Å². The molecular weight excluding hydrogens is 254 g/mol. The molecule has 0 amide bonds. The standard InChI is InChI=1S/C16H19NO3/c1-3-19-16(20-4-2)17-12-8-11-14(17)15(18)13-9-6-5-7-10-13/h5-12,16H,3-4H2,1-2H3. The van der Waals surface area contributed by atoms with Gasteiger partial charge in [-0.3, -0.25) is 9.36 Å². The lowest BCUT2D eigenvalue weighted by Crippen LogP contribution is -2.20. The van der Waals surface area contributed by atoms with Crippen LogP contribution in [0.15, 0.2) is 48.7 Å². The third kappa shape index (κ3) is 3.15. The molecule has 1 aromatic carbocycles. The van der Waals surface area contributed by atoms with Crippen molar-refractivity contribution in [2.24, 2.45) is 0 Å². The predicted molar refractivity (Wildman–Crippen MR) is 76.6 cm³/mol. The van der Waals surface area contributed by atoms with Crippen LogP contribution in [-0.4, -0.2) is 23.6 Å². The molecule has 0 N–H and O–H groups in total. The van der Waals surface area contributed by atoms with E-state index in [2.05, 4.69) is 0 Å².